The van der Waals surface area contributed by atoms with Crippen molar-refractivity contribution >= 4 is 0 Å². The molecule has 100 valence electrons. The van der Waals surface area contributed by atoms with Gasteiger partial charge in [0.2, 0.25) is 0 Å². The van der Waals surface area contributed by atoms with E-state index in [2.05, 4.69) is 49.3 Å². The fraction of sp³-hybridized carbons (Fsp3) is 0.353. The molecule has 2 rings (SSSR count). The number of aromatic nitrogens is 1. The zero-order valence-corrected chi connectivity index (χ0v) is 12.2. The molecule has 2 nitrogen and oxygen atoms in total. The molecular weight excluding hydrogens is 232 g/mol. The van der Waals surface area contributed by atoms with Crippen molar-refractivity contribution in [2.45, 2.75) is 26.7 Å². The highest BCUT2D eigenvalue weighted by Crippen LogP contribution is 2.30. The van der Waals surface area contributed by atoms with E-state index in [1.54, 1.807) is 0 Å². The molecule has 1 heterocycles. The second-order valence-corrected chi connectivity index (χ2v) is 5.21. The summed E-state index contributed by atoms with van der Waals surface area (Å²) in [6.45, 7) is 7.49. The molecule has 0 saturated carbocycles. The number of nitrogens with zero attached hydrogens (tertiary/aromatic N) is 1. The molecule has 0 amide bonds. The lowest BCUT2D eigenvalue weighted by Crippen LogP contribution is -2.20. The predicted octanol–water partition coefficient (Wildman–Crippen LogP) is 3.36. The van der Waals surface area contributed by atoms with Gasteiger partial charge < -0.3 is 5.32 Å². The summed E-state index contributed by atoms with van der Waals surface area (Å²) >= 11 is 0. The fourth-order valence-corrected chi connectivity index (χ4v) is 2.91. The van der Waals surface area contributed by atoms with Crippen LogP contribution in [0, 0.1) is 20.8 Å². The Kier molecular flexibility index (Phi) is 4.33. The highest BCUT2D eigenvalue weighted by atomic mass is 14.8. The summed E-state index contributed by atoms with van der Waals surface area (Å²) < 4.78 is 0. The standard InChI is InChI=1S/C17H22N2/c1-12-8-13(2)17(14(3)9-12)16(11-18-4)15-6-5-7-19-10-15/h5-10,16,18H,11H2,1-4H3. The van der Waals surface area contributed by atoms with Crippen LogP contribution in [-0.2, 0) is 0 Å². The molecule has 2 heteroatoms. The Morgan fingerprint density at radius 1 is 1.16 bits per heavy atom. The second kappa shape index (κ2) is 5.98. The van der Waals surface area contributed by atoms with E-state index in [1.807, 2.05) is 25.5 Å². The number of pyridine rings is 1. The van der Waals surface area contributed by atoms with Gasteiger partial charge in [-0.3, -0.25) is 4.98 Å². The number of hydrogen-bond donors (Lipinski definition) is 1. The molecule has 1 unspecified atom stereocenters. The zero-order chi connectivity index (χ0) is 13.8. The Balaban J connectivity index is 2.51. The Labute approximate surface area is 115 Å². The van der Waals surface area contributed by atoms with Crippen molar-refractivity contribution < 1.29 is 0 Å². The first-order valence-electron chi connectivity index (χ1n) is 6.75. The SMILES string of the molecule is CNCC(c1cccnc1)c1c(C)cc(C)cc1C. The van der Waals surface area contributed by atoms with Crippen LogP contribution in [0.3, 0.4) is 0 Å². The van der Waals surface area contributed by atoms with Crippen LogP contribution in [0.4, 0.5) is 0 Å². The van der Waals surface area contributed by atoms with E-state index in [9.17, 15) is 0 Å². The summed E-state index contributed by atoms with van der Waals surface area (Å²) in [4.78, 5) is 4.26. The van der Waals surface area contributed by atoms with Crippen LogP contribution in [0.1, 0.15) is 33.7 Å². The molecule has 19 heavy (non-hydrogen) atoms. The van der Waals surface area contributed by atoms with Gasteiger partial charge >= 0.3 is 0 Å². The van der Waals surface area contributed by atoms with Gasteiger partial charge in [-0.05, 0) is 56.1 Å². The molecule has 1 aromatic heterocycles. The first-order valence-corrected chi connectivity index (χ1v) is 6.75. The molecule has 0 aliphatic carbocycles. The third kappa shape index (κ3) is 3.02. The van der Waals surface area contributed by atoms with Gasteiger partial charge in [0.15, 0.2) is 0 Å². The fourth-order valence-electron chi connectivity index (χ4n) is 2.91. The minimum atomic E-state index is 0.360. The lowest BCUT2D eigenvalue weighted by Gasteiger charge is -2.22. The lowest BCUT2D eigenvalue weighted by molar-refractivity contribution is 0.698. The Morgan fingerprint density at radius 3 is 2.37 bits per heavy atom. The zero-order valence-electron chi connectivity index (χ0n) is 12.2. The molecule has 0 fully saturated rings. The van der Waals surface area contributed by atoms with Crippen LogP contribution >= 0.6 is 0 Å². The van der Waals surface area contributed by atoms with Gasteiger partial charge in [0.25, 0.3) is 0 Å². The van der Waals surface area contributed by atoms with Crippen molar-refractivity contribution in [3.63, 3.8) is 0 Å². The minimum Gasteiger partial charge on any atom is -0.319 e. The minimum absolute atomic E-state index is 0.360. The van der Waals surface area contributed by atoms with Gasteiger partial charge in [-0.25, -0.2) is 0 Å². The summed E-state index contributed by atoms with van der Waals surface area (Å²) in [7, 11) is 2.00. The molecule has 0 radical (unpaired) electrons. The van der Waals surface area contributed by atoms with E-state index in [-0.39, 0.29) is 0 Å². The number of benzene rings is 1. The molecule has 2 aromatic rings. The average Bonchev–Trinajstić information content (AvgIpc) is 2.37. The van der Waals surface area contributed by atoms with Gasteiger partial charge in [-0.15, -0.1) is 0 Å². The number of nitrogens with one attached hydrogen (secondary N) is 1. The van der Waals surface area contributed by atoms with Crippen molar-refractivity contribution in [2.24, 2.45) is 0 Å². The van der Waals surface area contributed by atoms with E-state index < -0.39 is 0 Å². The predicted molar refractivity (Wildman–Crippen MR) is 80.7 cm³/mol. The van der Waals surface area contributed by atoms with Crippen LogP contribution < -0.4 is 5.32 Å². The van der Waals surface area contributed by atoms with E-state index in [0.717, 1.165) is 6.54 Å². The maximum Gasteiger partial charge on any atom is 0.0306 e. The topological polar surface area (TPSA) is 24.9 Å². The number of hydrogen-bond acceptors (Lipinski definition) is 2. The third-order valence-corrected chi connectivity index (χ3v) is 3.58. The largest absolute Gasteiger partial charge is 0.319 e. The Bertz CT molecular complexity index is 523. The van der Waals surface area contributed by atoms with E-state index >= 15 is 0 Å². The van der Waals surface area contributed by atoms with E-state index in [1.165, 1.54) is 27.8 Å². The monoisotopic (exact) mass is 254 g/mol. The molecule has 1 N–H and O–H groups in total. The van der Waals surface area contributed by atoms with Crippen molar-refractivity contribution in [1.82, 2.24) is 10.3 Å². The van der Waals surface area contributed by atoms with Crippen LogP contribution in [-0.4, -0.2) is 18.6 Å². The van der Waals surface area contributed by atoms with E-state index in [0.29, 0.717) is 5.92 Å². The van der Waals surface area contributed by atoms with Gasteiger partial charge in [0.05, 0.1) is 0 Å². The van der Waals surface area contributed by atoms with Crippen LogP contribution in [0.15, 0.2) is 36.7 Å². The third-order valence-electron chi connectivity index (χ3n) is 3.58. The first kappa shape index (κ1) is 13.8. The smallest absolute Gasteiger partial charge is 0.0306 e. The van der Waals surface area contributed by atoms with Gasteiger partial charge in [0.1, 0.15) is 0 Å². The van der Waals surface area contributed by atoms with Gasteiger partial charge in [0, 0.05) is 24.9 Å². The van der Waals surface area contributed by atoms with Crippen LogP contribution in [0.25, 0.3) is 0 Å². The molecule has 0 spiro atoms. The average molecular weight is 254 g/mol. The highest BCUT2D eigenvalue weighted by molar-refractivity contribution is 5.44. The van der Waals surface area contributed by atoms with Crippen molar-refractivity contribution in [2.75, 3.05) is 13.6 Å². The lowest BCUT2D eigenvalue weighted by atomic mass is 9.85. The number of likely N-dealkylation sites (N-methyl/N-ethyl adjacent to an activating group) is 1. The molecule has 0 aliphatic heterocycles. The summed E-state index contributed by atoms with van der Waals surface area (Å²) in [5.41, 5.74) is 6.75. The van der Waals surface area contributed by atoms with E-state index in [4.69, 9.17) is 0 Å². The highest BCUT2D eigenvalue weighted by Gasteiger charge is 2.18. The Morgan fingerprint density at radius 2 is 1.84 bits per heavy atom. The van der Waals surface area contributed by atoms with Crippen LogP contribution in [0.5, 0.6) is 0 Å². The summed E-state index contributed by atoms with van der Waals surface area (Å²) in [5.74, 6) is 0.360. The van der Waals surface area contributed by atoms with Crippen molar-refractivity contribution in [3.8, 4) is 0 Å². The van der Waals surface area contributed by atoms with Crippen molar-refractivity contribution in [3.05, 3.63) is 64.5 Å². The summed E-state index contributed by atoms with van der Waals surface area (Å²) in [5, 5.41) is 3.31. The molecule has 0 aliphatic rings. The molecule has 0 bridgehead atoms. The first-order chi connectivity index (χ1) is 9.13. The molecular formula is C17H22N2. The molecule has 1 atom stereocenters. The van der Waals surface area contributed by atoms with Crippen LogP contribution in [0.2, 0.25) is 0 Å². The molecule has 0 saturated heterocycles. The number of rotatable bonds is 4. The van der Waals surface area contributed by atoms with Crippen molar-refractivity contribution in [1.29, 1.82) is 0 Å². The van der Waals surface area contributed by atoms with Gasteiger partial charge in [-0.1, -0.05) is 23.8 Å². The summed E-state index contributed by atoms with van der Waals surface area (Å²) in [6.07, 6.45) is 3.80. The van der Waals surface area contributed by atoms with Gasteiger partial charge in [-0.2, -0.15) is 0 Å². The molecule has 1 aromatic carbocycles. The quantitative estimate of drug-likeness (QED) is 0.905. The maximum atomic E-state index is 4.26. The maximum absolute atomic E-state index is 4.26. The Hall–Kier alpha value is -1.67. The summed E-state index contributed by atoms with van der Waals surface area (Å²) in [6, 6.07) is 8.70. The second-order valence-electron chi connectivity index (χ2n) is 5.21. The number of aryl methyl sites for hydroxylation is 3. The normalized spacial score (nSPS) is 12.4.